The lowest BCUT2D eigenvalue weighted by atomic mass is 9.82. The standard InChI is InChI=1S/C21H15ClOS/c1-21(2)14-9-10-18-20(23-16-5-3-4-6-17(16)24-18)19(14)13-8-7-12(22)11-15(13)21/h3-11H,1-2H3. The molecule has 2 aliphatic rings. The van der Waals surface area contributed by atoms with E-state index in [1.807, 2.05) is 24.3 Å². The number of ether oxygens (including phenoxy) is 1. The van der Waals surface area contributed by atoms with Crippen LogP contribution in [0.3, 0.4) is 0 Å². The Balaban J connectivity index is 1.79. The third-order valence-electron chi connectivity index (χ3n) is 5.00. The lowest BCUT2D eigenvalue weighted by Gasteiger charge is -2.24. The van der Waals surface area contributed by atoms with E-state index in [0.29, 0.717) is 0 Å². The first-order chi connectivity index (χ1) is 11.6. The molecule has 3 aromatic carbocycles. The van der Waals surface area contributed by atoms with Crippen LogP contribution >= 0.6 is 23.4 Å². The van der Waals surface area contributed by atoms with Crippen LogP contribution in [-0.2, 0) is 5.41 Å². The van der Waals surface area contributed by atoms with Gasteiger partial charge in [-0.05, 0) is 47.0 Å². The molecular formula is C21H15ClOS. The summed E-state index contributed by atoms with van der Waals surface area (Å²) in [6.45, 7) is 4.51. The van der Waals surface area contributed by atoms with E-state index >= 15 is 0 Å². The Labute approximate surface area is 150 Å². The third kappa shape index (κ3) is 1.84. The van der Waals surface area contributed by atoms with E-state index in [1.165, 1.54) is 32.0 Å². The van der Waals surface area contributed by atoms with E-state index in [0.717, 1.165) is 16.5 Å². The predicted octanol–water partition coefficient (Wildman–Crippen LogP) is 6.90. The van der Waals surface area contributed by atoms with Crippen molar-refractivity contribution < 1.29 is 4.74 Å². The number of para-hydroxylation sites is 1. The highest BCUT2D eigenvalue weighted by Crippen LogP contribution is 2.58. The molecule has 0 saturated carbocycles. The second kappa shape index (κ2) is 4.81. The average Bonchev–Trinajstić information content (AvgIpc) is 2.81. The number of halogens is 1. The molecule has 118 valence electrons. The number of hydrogen-bond acceptors (Lipinski definition) is 2. The van der Waals surface area contributed by atoms with Crippen molar-refractivity contribution in [2.75, 3.05) is 0 Å². The van der Waals surface area contributed by atoms with Gasteiger partial charge in [0.1, 0.15) is 11.5 Å². The Kier molecular flexibility index (Phi) is 2.89. The first kappa shape index (κ1) is 14.4. The largest absolute Gasteiger partial charge is 0.454 e. The Bertz CT molecular complexity index is 1010. The van der Waals surface area contributed by atoms with Gasteiger partial charge < -0.3 is 4.74 Å². The number of benzene rings is 3. The summed E-state index contributed by atoms with van der Waals surface area (Å²) in [7, 11) is 0. The van der Waals surface area contributed by atoms with Gasteiger partial charge >= 0.3 is 0 Å². The van der Waals surface area contributed by atoms with Crippen LogP contribution in [0.2, 0.25) is 5.02 Å². The fraction of sp³-hybridized carbons (Fsp3) is 0.143. The van der Waals surface area contributed by atoms with E-state index in [1.54, 1.807) is 11.8 Å². The second-order valence-corrected chi connectivity index (χ2v) is 8.30. The molecule has 0 fully saturated rings. The van der Waals surface area contributed by atoms with Crippen LogP contribution in [0.1, 0.15) is 25.0 Å². The van der Waals surface area contributed by atoms with Crippen molar-refractivity contribution in [3.8, 4) is 22.6 Å². The maximum Gasteiger partial charge on any atom is 0.149 e. The molecule has 0 saturated heterocycles. The summed E-state index contributed by atoms with van der Waals surface area (Å²) in [6.07, 6.45) is 0. The van der Waals surface area contributed by atoms with Gasteiger partial charge in [-0.1, -0.05) is 61.5 Å². The minimum Gasteiger partial charge on any atom is -0.454 e. The maximum atomic E-state index is 6.35. The summed E-state index contributed by atoms with van der Waals surface area (Å²) in [4.78, 5) is 2.34. The third-order valence-corrected chi connectivity index (χ3v) is 6.33. The second-order valence-electron chi connectivity index (χ2n) is 6.78. The molecule has 1 aliphatic carbocycles. The first-order valence-electron chi connectivity index (χ1n) is 7.98. The smallest absolute Gasteiger partial charge is 0.149 e. The zero-order chi connectivity index (χ0) is 16.5. The number of rotatable bonds is 0. The van der Waals surface area contributed by atoms with Crippen molar-refractivity contribution in [3.63, 3.8) is 0 Å². The van der Waals surface area contributed by atoms with Gasteiger partial charge in [-0.3, -0.25) is 0 Å². The zero-order valence-corrected chi connectivity index (χ0v) is 15.0. The van der Waals surface area contributed by atoms with Gasteiger partial charge in [0, 0.05) is 16.0 Å². The minimum absolute atomic E-state index is 0.0738. The van der Waals surface area contributed by atoms with Gasteiger partial charge in [0.2, 0.25) is 0 Å². The summed E-state index contributed by atoms with van der Waals surface area (Å²) in [5, 5.41) is 0.782. The molecule has 1 nitrogen and oxygen atoms in total. The molecule has 1 heterocycles. The molecule has 0 amide bonds. The van der Waals surface area contributed by atoms with Crippen LogP contribution in [0.5, 0.6) is 11.5 Å². The Hall–Kier alpha value is -1.90. The molecule has 0 bridgehead atoms. The molecule has 0 N–H and O–H groups in total. The fourth-order valence-corrected chi connectivity index (χ4v) is 4.92. The Morgan fingerprint density at radius 2 is 1.75 bits per heavy atom. The van der Waals surface area contributed by atoms with Crippen LogP contribution in [0.15, 0.2) is 64.4 Å². The Morgan fingerprint density at radius 3 is 2.62 bits per heavy atom. The quantitative estimate of drug-likeness (QED) is 0.341. The highest BCUT2D eigenvalue weighted by molar-refractivity contribution is 7.99. The van der Waals surface area contributed by atoms with E-state index in [9.17, 15) is 0 Å². The molecule has 24 heavy (non-hydrogen) atoms. The van der Waals surface area contributed by atoms with Crippen molar-refractivity contribution >= 4 is 23.4 Å². The van der Waals surface area contributed by atoms with Gasteiger partial charge in [-0.2, -0.15) is 0 Å². The van der Waals surface area contributed by atoms with Crippen molar-refractivity contribution in [2.45, 2.75) is 29.1 Å². The summed E-state index contributed by atoms with van der Waals surface area (Å²) in [5.41, 5.74) is 4.95. The minimum atomic E-state index is -0.0738. The lowest BCUT2D eigenvalue weighted by molar-refractivity contribution is 0.455. The molecule has 0 radical (unpaired) electrons. The van der Waals surface area contributed by atoms with Gasteiger partial charge in [0.05, 0.1) is 9.79 Å². The van der Waals surface area contributed by atoms with E-state index in [-0.39, 0.29) is 5.41 Å². The van der Waals surface area contributed by atoms with E-state index in [4.69, 9.17) is 16.3 Å². The highest BCUT2D eigenvalue weighted by atomic mass is 35.5. The molecule has 0 unspecified atom stereocenters. The molecule has 1 aliphatic heterocycles. The fourth-order valence-electron chi connectivity index (χ4n) is 3.78. The Morgan fingerprint density at radius 1 is 0.917 bits per heavy atom. The van der Waals surface area contributed by atoms with Crippen molar-refractivity contribution in [1.82, 2.24) is 0 Å². The highest BCUT2D eigenvalue weighted by Gasteiger charge is 2.39. The van der Waals surface area contributed by atoms with E-state index < -0.39 is 0 Å². The van der Waals surface area contributed by atoms with Crippen LogP contribution < -0.4 is 4.74 Å². The maximum absolute atomic E-state index is 6.35. The van der Waals surface area contributed by atoms with Gasteiger partial charge in [-0.25, -0.2) is 0 Å². The van der Waals surface area contributed by atoms with Crippen LogP contribution in [0, 0.1) is 0 Å². The van der Waals surface area contributed by atoms with Crippen molar-refractivity contribution in [2.24, 2.45) is 0 Å². The summed E-state index contributed by atoms with van der Waals surface area (Å²) in [5.74, 6) is 1.91. The average molecular weight is 351 g/mol. The molecular weight excluding hydrogens is 336 g/mol. The number of fused-ring (bicyclic) bond motifs is 6. The van der Waals surface area contributed by atoms with Crippen molar-refractivity contribution in [1.29, 1.82) is 0 Å². The summed E-state index contributed by atoms with van der Waals surface area (Å²) >= 11 is 8.04. The van der Waals surface area contributed by atoms with Gasteiger partial charge in [-0.15, -0.1) is 0 Å². The number of hydrogen-bond donors (Lipinski definition) is 0. The van der Waals surface area contributed by atoms with Crippen LogP contribution in [0.4, 0.5) is 0 Å². The molecule has 3 heteroatoms. The topological polar surface area (TPSA) is 9.23 Å². The molecule has 0 spiro atoms. The first-order valence-corrected chi connectivity index (χ1v) is 9.18. The summed E-state index contributed by atoms with van der Waals surface area (Å²) < 4.78 is 6.35. The lowest BCUT2D eigenvalue weighted by Crippen LogP contribution is -2.15. The van der Waals surface area contributed by atoms with Crippen LogP contribution in [0.25, 0.3) is 11.1 Å². The van der Waals surface area contributed by atoms with Crippen LogP contribution in [-0.4, -0.2) is 0 Å². The van der Waals surface area contributed by atoms with Crippen molar-refractivity contribution in [3.05, 3.63) is 70.7 Å². The summed E-state index contributed by atoms with van der Waals surface area (Å²) in [6, 6.07) is 18.8. The van der Waals surface area contributed by atoms with Gasteiger partial charge in [0.25, 0.3) is 0 Å². The molecule has 5 rings (SSSR count). The van der Waals surface area contributed by atoms with E-state index in [2.05, 4.69) is 44.2 Å². The molecule has 0 aromatic heterocycles. The van der Waals surface area contributed by atoms with Gasteiger partial charge in [0.15, 0.2) is 0 Å². The monoisotopic (exact) mass is 350 g/mol. The predicted molar refractivity (Wildman–Crippen MR) is 99.7 cm³/mol. The molecule has 0 atom stereocenters. The molecule has 3 aromatic rings. The normalized spacial score (nSPS) is 15.8. The SMILES string of the molecule is CC1(C)c2cc(Cl)ccc2-c2c1ccc1c2Oc2ccccc2S1. The zero-order valence-electron chi connectivity index (χ0n) is 13.4.